The van der Waals surface area contributed by atoms with Crippen LogP contribution in [0.15, 0.2) is 171 Å². The molecule has 0 aliphatic heterocycles. The van der Waals surface area contributed by atoms with Crippen molar-refractivity contribution in [1.29, 1.82) is 0 Å². The first-order chi connectivity index (χ1) is 29.8. The fourth-order valence-corrected chi connectivity index (χ4v) is 8.73. The number of aliphatic hydroxyl groups is 3. The van der Waals surface area contributed by atoms with Gasteiger partial charge in [0.2, 0.25) is 0 Å². The van der Waals surface area contributed by atoms with E-state index < -0.39 is 29.9 Å². The van der Waals surface area contributed by atoms with Crippen LogP contribution in [0.3, 0.4) is 0 Å². The zero-order valence-corrected chi connectivity index (χ0v) is 33.4. The van der Waals surface area contributed by atoms with E-state index in [1.807, 2.05) is 36.4 Å². The Balaban J connectivity index is 1.17. The van der Waals surface area contributed by atoms with Crippen molar-refractivity contribution in [3.8, 4) is 22.6 Å². The van der Waals surface area contributed by atoms with E-state index in [2.05, 4.69) is 122 Å². The van der Waals surface area contributed by atoms with E-state index in [1.54, 1.807) is 0 Å². The third-order valence-electron chi connectivity index (χ3n) is 11.5. The first-order valence-corrected chi connectivity index (χ1v) is 20.2. The van der Waals surface area contributed by atoms with Gasteiger partial charge in [-0.2, -0.15) is 0 Å². The molecule has 0 saturated heterocycles. The Hall–Kier alpha value is -6.81. The summed E-state index contributed by atoms with van der Waals surface area (Å²) in [5.41, 5.74) is 6.32. The molecule has 0 amide bonds. The van der Waals surface area contributed by atoms with Gasteiger partial charge in [-0.05, 0) is 119 Å². The van der Waals surface area contributed by atoms with Crippen LogP contribution in [0.1, 0.15) is 22.3 Å². The number of rotatable bonds is 15. The number of carbonyl (C=O) groups excluding carboxylic acids is 1. The second kappa shape index (κ2) is 16.7. The van der Waals surface area contributed by atoms with Gasteiger partial charge in [0, 0.05) is 6.08 Å². The van der Waals surface area contributed by atoms with Crippen LogP contribution in [-0.4, -0.2) is 66.2 Å². The molecule has 0 spiro atoms. The van der Waals surface area contributed by atoms with Crippen molar-refractivity contribution >= 4 is 49.1 Å². The molecule has 8 heteroatoms. The molecule has 0 fully saturated rings. The fourth-order valence-electron chi connectivity index (χ4n) is 8.73. The van der Waals surface area contributed by atoms with Crippen molar-refractivity contribution in [1.82, 2.24) is 0 Å². The van der Waals surface area contributed by atoms with Gasteiger partial charge in [-0.1, -0.05) is 122 Å². The lowest BCUT2D eigenvalue weighted by atomic mass is 9.67. The number of esters is 1. The van der Waals surface area contributed by atoms with Gasteiger partial charge in [0.15, 0.2) is 6.29 Å². The minimum Gasteiger partial charge on any atom is -0.491 e. The highest BCUT2D eigenvalue weighted by Gasteiger charge is 2.47. The monoisotopic (exact) mass is 808 g/mol. The largest absolute Gasteiger partial charge is 0.491 e. The minimum absolute atomic E-state index is 0.00317. The molecule has 0 heterocycles. The molecule has 1 aliphatic carbocycles. The molecule has 8 aromatic rings. The van der Waals surface area contributed by atoms with Crippen molar-refractivity contribution in [2.75, 3.05) is 26.4 Å². The molecule has 0 bridgehead atoms. The van der Waals surface area contributed by atoms with Crippen LogP contribution in [0.4, 0.5) is 0 Å². The Kier molecular flexibility index (Phi) is 10.8. The highest BCUT2D eigenvalue weighted by Crippen LogP contribution is 2.60. The summed E-state index contributed by atoms with van der Waals surface area (Å²) in [6.07, 6.45) is -0.770. The van der Waals surface area contributed by atoms with Crippen LogP contribution in [0.5, 0.6) is 11.5 Å². The van der Waals surface area contributed by atoms with Crippen LogP contribution in [0, 0.1) is 0 Å². The number of aliphatic hydroxyl groups excluding tert-OH is 3. The fraction of sp³-hybridized carbons (Fsp3) is 0.151. The summed E-state index contributed by atoms with van der Waals surface area (Å²) in [6, 6.07) is 51.3. The van der Waals surface area contributed by atoms with Crippen LogP contribution >= 0.6 is 0 Å². The lowest BCUT2D eigenvalue weighted by molar-refractivity contribution is -0.141. The van der Waals surface area contributed by atoms with Crippen molar-refractivity contribution in [2.45, 2.75) is 23.9 Å². The van der Waals surface area contributed by atoms with Crippen LogP contribution < -0.4 is 9.47 Å². The quantitative estimate of drug-likeness (QED) is 0.0407. The average Bonchev–Trinajstić information content (AvgIpc) is 3.62. The van der Waals surface area contributed by atoms with E-state index in [-0.39, 0.29) is 26.4 Å². The van der Waals surface area contributed by atoms with Crippen molar-refractivity contribution in [3.63, 3.8) is 0 Å². The second-order valence-electron chi connectivity index (χ2n) is 15.3. The molecule has 304 valence electrons. The molecule has 3 atom stereocenters. The summed E-state index contributed by atoms with van der Waals surface area (Å²) in [4.78, 5) is 11.5. The molecule has 8 aromatic carbocycles. The van der Waals surface area contributed by atoms with Crippen LogP contribution in [0.25, 0.3) is 54.2 Å². The maximum absolute atomic E-state index is 11.5. The lowest BCUT2D eigenvalue weighted by Crippen LogP contribution is -2.28. The normalized spacial score (nSPS) is 14.3. The van der Waals surface area contributed by atoms with E-state index in [0.717, 1.165) is 38.7 Å². The highest BCUT2D eigenvalue weighted by molar-refractivity contribution is 6.12. The Morgan fingerprint density at radius 1 is 0.541 bits per heavy atom. The maximum atomic E-state index is 11.5. The predicted molar refractivity (Wildman–Crippen MR) is 240 cm³/mol. The molecule has 3 N–H and O–H groups in total. The molecule has 0 radical (unpaired) electrons. The number of carbonyl (C=O) groups is 1. The highest BCUT2D eigenvalue weighted by atomic mass is 16.6. The van der Waals surface area contributed by atoms with Crippen molar-refractivity contribution in [3.05, 3.63) is 193 Å². The molecule has 8 nitrogen and oxygen atoms in total. The summed E-state index contributed by atoms with van der Waals surface area (Å²) in [5.74, 6) is 0.597. The molecular weight excluding hydrogens is 765 g/mol. The molecule has 1 aliphatic rings. The summed E-state index contributed by atoms with van der Waals surface area (Å²) < 4.78 is 22.0. The SMILES string of the molecule is C=CC(=O)OCC(O)COc1ccc2cc(C3(c4ccc5cc(OCC(O)COC(O)C=C)ccc5c4)c4ccc5ccccc5c4-c4c3ccc3ccccc43)ccc2c1. The van der Waals surface area contributed by atoms with Gasteiger partial charge in [-0.25, -0.2) is 4.79 Å². The third-order valence-corrected chi connectivity index (χ3v) is 11.5. The van der Waals surface area contributed by atoms with E-state index in [1.165, 1.54) is 49.9 Å². The predicted octanol–water partition coefficient (Wildman–Crippen LogP) is 9.39. The zero-order valence-electron chi connectivity index (χ0n) is 33.4. The van der Waals surface area contributed by atoms with E-state index >= 15 is 0 Å². The van der Waals surface area contributed by atoms with Crippen molar-refractivity contribution < 1.29 is 39.1 Å². The van der Waals surface area contributed by atoms with Gasteiger partial charge in [0.05, 0.1) is 12.0 Å². The first kappa shape index (κ1) is 39.6. The van der Waals surface area contributed by atoms with E-state index in [4.69, 9.17) is 18.9 Å². The molecule has 3 unspecified atom stereocenters. The Labute approximate surface area is 353 Å². The van der Waals surface area contributed by atoms with Gasteiger partial charge < -0.3 is 34.3 Å². The Bertz CT molecular complexity index is 2890. The van der Waals surface area contributed by atoms with Crippen molar-refractivity contribution in [2.24, 2.45) is 0 Å². The second-order valence-corrected chi connectivity index (χ2v) is 15.3. The lowest BCUT2D eigenvalue weighted by Gasteiger charge is -2.34. The van der Waals surface area contributed by atoms with Gasteiger partial charge in [0.1, 0.15) is 43.5 Å². The van der Waals surface area contributed by atoms with Crippen LogP contribution in [0.2, 0.25) is 0 Å². The summed E-state index contributed by atoms with van der Waals surface area (Å²) in [5, 5.41) is 39.1. The van der Waals surface area contributed by atoms with Gasteiger partial charge in [0.25, 0.3) is 0 Å². The Morgan fingerprint density at radius 2 is 1.00 bits per heavy atom. The number of benzene rings is 8. The topological polar surface area (TPSA) is 115 Å². The molecular formula is C53H44O8. The van der Waals surface area contributed by atoms with Gasteiger partial charge in [-0.3, -0.25) is 0 Å². The summed E-state index contributed by atoms with van der Waals surface area (Å²) >= 11 is 0. The summed E-state index contributed by atoms with van der Waals surface area (Å²) in [7, 11) is 0. The number of hydrogen-bond acceptors (Lipinski definition) is 8. The Morgan fingerprint density at radius 3 is 1.51 bits per heavy atom. The standard InChI is InChI=1S/C53H44O8/c1-3-49(56)60-31-41(54)29-58-43-21-15-35-25-39(19-13-37(35)27-43)53(40-20-14-38-28-44(22-16-36(38)26-40)59-30-42(55)32-61-50(57)4-2)47-23-17-33-9-5-7-11-45(33)51(47)52-46-12-8-6-10-34(46)18-24-48(52)53/h3-28,41-42,49,54-56H,1-2,29-32H2. The zero-order chi connectivity index (χ0) is 42.1. The molecule has 9 rings (SSSR count). The molecule has 0 aromatic heterocycles. The molecule has 61 heavy (non-hydrogen) atoms. The number of hydrogen-bond donors (Lipinski definition) is 3. The smallest absolute Gasteiger partial charge is 0.330 e. The van der Waals surface area contributed by atoms with E-state index in [0.29, 0.717) is 11.5 Å². The molecule has 0 saturated carbocycles. The summed E-state index contributed by atoms with van der Waals surface area (Å²) in [6.45, 7) is 6.54. The van der Waals surface area contributed by atoms with E-state index in [9.17, 15) is 20.1 Å². The van der Waals surface area contributed by atoms with Crippen LogP contribution in [-0.2, 0) is 19.7 Å². The maximum Gasteiger partial charge on any atom is 0.330 e. The third kappa shape index (κ3) is 7.41. The van der Waals surface area contributed by atoms with Gasteiger partial charge >= 0.3 is 5.97 Å². The number of ether oxygens (including phenoxy) is 4. The minimum atomic E-state index is -1.15. The first-order valence-electron chi connectivity index (χ1n) is 20.2. The number of fused-ring (bicyclic) bond motifs is 9. The average molecular weight is 809 g/mol. The van der Waals surface area contributed by atoms with Gasteiger partial charge in [-0.15, -0.1) is 0 Å².